The maximum atomic E-state index is 13.4. The summed E-state index contributed by atoms with van der Waals surface area (Å²) in [6.07, 6.45) is 6.99. The Labute approximate surface area is 168 Å². The predicted molar refractivity (Wildman–Crippen MR) is 107 cm³/mol. The van der Waals surface area contributed by atoms with Gasteiger partial charge >= 0.3 is 0 Å². The van der Waals surface area contributed by atoms with E-state index in [0.29, 0.717) is 17.2 Å². The standard InChI is InChI=1S/C21H22N6O2/c1-29-15-6-7-20(22-12-15)25-17-10-14-11-19(17)26(13-14)21(28)16-4-2-3-5-18(16)27-23-8-9-24-27/h2-9,12,14,17,19H,10-11,13H2,1H3,(H,22,25)/t14-,17?,19?/m0/s1. The van der Waals surface area contributed by atoms with Crippen LogP contribution >= 0.6 is 0 Å². The number of para-hydroxylation sites is 1. The smallest absolute Gasteiger partial charge is 0.256 e. The number of anilines is 1. The van der Waals surface area contributed by atoms with Crippen LogP contribution in [0.3, 0.4) is 0 Å². The first-order valence-electron chi connectivity index (χ1n) is 9.76. The monoisotopic (exact) mass is 390 g/mol. The number of hydrogen-bond donors (Lipinski definition) is 1. The summed E-state index contributed by atoms with van der Waals surface area (Å²) in [5, 5.41) is 11.9. The van der Waals surface area contributed by atoms with Crippen molar-refractivity contribution in [3.63, 3.8) is 0 Å². The number of rotatable bonds is 5. The van der Waals surface area contributed by atoms with E-state index >= 15 is 0 Å². The molecule has 1 aromatic carbocycles. The number of methoxy groups -OCH3 is 1. The van der Waals surface area contributed by atoms with Crippen LogP contribution in [-0.4, -0.2) is 56.5 Å². The topological polar surface area (TPSA) is 85.2 Å². The molecule has 2 fully saturated rings. The fourth-order valence-electron chi connectivity index (χ4n) is 4.51. The summed E-state index contributed by atoms with van der Waals surface area (Å²) < 4.78 is 5.17. The van der Waals surface area contributed by atoms with Crippen molar-refractivity contribution in [1.29, 1.82) is 0 Å². The molecule has 3 heterocycles. The maximum Gasteiger partial charge on any atom is 0.256 e. The fraction of sp³-hybridized carbons (Fsp3) is 0.333. The third-order valence-corrected chi connectivity index (χ3v) is 5.82. The molecule has 2 aromatic heterocycles. The normalized spacial score (nSPS) is 22.7. The highest BCUT2D eigenvalue weighted by Gasteiger charge is 2.47. The Bertz CT molecular complexity index is 1000. The zero-order valence-electron chi connectivity index (χ0n) is 16.1. The van der Waals surface area contributed by atoms with Gasteiger partial charge in [-0.3, -0.25) is 4.79 Å². The third-order valence-electron chi connectivity index (χ3n) is 5.82. The van der Waals surface area contributed by atoms with Crippen molar-refractivity contribution >= 4 is 11.7 Å². The van der Waals surface area contributed by atoms with Crippen molar-refractivity contribution in [2.45, 2.75) is 24.9 Å². The summed E-state index contributed by atoms with van der Waals surface area (Å²) in [5.74, 6) is 2.07. The van der Waals surface area contributed by atoms with Crippen molar-refractivity contribution in [2.75, 3.05) is 19.0 Å². The van der Waals surface area contributed by atoms with E-state index in [2.05, 4.69) is 20.5 Å². The molecule has 0 radical (unpaired) electrons. The molecular weight excluding hydrogens is 368 g/mol. The third kappa shape index (κ3) is 3.20. The van der Waals surface area contributed by atoms with Gasteiger partial charge in [0.25, 0.3) is 5.91 Å². The number of carbonyl (C=O) groups is 1. The highest BCUT2D eigenvalue weighted by molar-refractivity contribution is 5.98. The molecule has 3 atom stereocenters. The SMILES string of the molecule is COc1ccc(NC2C[C@H]3CC2N(C(=O)c2ccccc2-n2nccn2)C3)nc1. The molecule has 1 amide bonds. The summed E-state index contributed by atoms with van der Waals surface area (Å²) in [4.78, 5) is 21.3. The van der Waals surface area contributed by atoms with Crippen molar-refractivity contribution < 1.29 is 9.53 Å². The molecule has 3 aromatic rings. The van der Waals surface area contributed by atoms with E-state index in [4.69, 9.17) is 4.74 Å². The number of pyridine rings is 1. The van der Waals surface area contributed by atoms with E-state index in [0.717, 1.165) is 31.0 Å². The minimum absolute atomic E-state index is 0.0274. The van der Waals surface area contributed by atoms with Crippen LogP contribution in [0.2, 0.25) is 0 Å². The fourth-order valence-corrected chi connectivity index (χ4v) is 4.51. The Morgan fingerprint density at radius 2 is 1.97 bits per heavy atom. The van der Waals surface area contributed by atoms with E-state index in [-0.39, 0.29) is 18.0 Å². The Balaban J connectivity index is 1.37. The lowest BCUT2D eigenvalue weighted by atomic mass is 10.0. The first-order chi connectivity index (χ1) is 14.2. The molecule has 1 aliphatic heterocycles. The van der Waals surface area contributed by atoms with Crippen LogP contribution in [-0.2, 0) is 0 Å². The van der Waals surface area contributed by atoms with Gasteiger partial charge in [0, 0.05) is 12.6 Å². The lowest BCUT2D eigenvalue weighted by Crippen LogP contribution is -2.48. The number of nitrogens with zero attached hydrogens (tertiary/aromatic N) is 5. The number of likely N-dealkylation sites (tertiary alicyclic amines) is 1. The van der Waals surface area contributed by atoms with Gasteiger partial charge in [-0.2, -0.15) is 15.0 Å². The zero-order valence-corrected chi connectivity index (χ0v) is 16.1. The molecule has 1 aliphatic carbocycles. The van der Waals surface area contributed by atoms with E-state index in [1.807, 2.05) is 41.3 Å². The number of benzene rings is 1. The molecule has 148 valence electrons. The van der Waals surface area contributed by atoms with Gasteiger partial charge in [0.05, 0.1) is 43.0 Å². The summed E-state index contributed by atoms with van der Waals surface area (Å²) in [6.45, 7) is 0.790. The van der Waals surface area contributed by atoms with Crippen LogP contribution in [0.15, 0.2) is 55.0 Å². The van der Waals surface area contributed by atoms with Gasteiger partial charge in [0.1, 0.15) is 11.6 Å². The Hall–Kier alpha value is -3.42. The van der Waals surface area contributed by atoms with Gasteiger partial charge in [-0.1, -0.05) is 12.1 Å². The van der Waals surface area contributed by atoms with Crippen LogP contribution in [0.5, 0.6) is 5.75 Å². The van der Waals surface area contributed by atoms with Gasteiger partial charge in [-0.05, 0) is 43.0 Å². The zero-order chi connectivity index (χ0) is 19.8. The molecule has 8 nitrogen and oxygen atoms in total. The van der Waals surface area contributed by atoms with Crippen LogP contribution in [0.4, 0.5) is 5.82 Å². The van der Waals surface area contributed by atoms with E-state index in [9.17, 15) is 4.79 Å². The van der Waals surface area contributed by atoms with Gasteiger partial charge in [0.2, 0.25) is 0 Å². The first-order valence-corrected chi connectivity index (χ1v) is 9.76. The summed E-state index contributed by atoms with van der Waals surface area (Å²) >= 11 is 0. The van der Waals surface area contributed by atoms with Crippen LogP contribution in [0.1, 0.15) is 23.2 Å². The van der Waals surface area contributed by atoms with Gasteiger partial charge < -0.3 is 15.0 Å². The molecule has 5 rings (SSSR count). The molecule has 1 N–H and O–H groups in total. The van der Waals surface area contributed by atoms with Gasteiger partial charge in [-0.25, -0.2) is 4.98 Å². The number of fused-ring (bicyclic) bond motifs is 2. The molecular formula is C21H22N6O2. The van der Waals surface area contributed by atoms with Crippen LogP contribution in [0.25, 0.3) is 5.69 Å². The summed E-state index contributed by atoms with van der Waals surface area (Å²) in [6, 6.07) is 11.6. The second-order valence-corrected chi connectivity index (χ2v) is 7.53. The largest absolute Gasteiger partial charge is 0.495 e. The molecule has 2 unspecified atom stereocenters. The van der Waals surface area contributed by atoms with E-state index in [1.54, 1.807) is 25.7 Å². The average molecular weight is 390 g/mol. The minimum atomic E-state index is 0.0274. The molecule has 0 spiro atoms. The number of carbonyl (C=O) groups excluding carboxylic acids is 1. The van der Waals surface area contributed by atoms with Crippen molar-refractivity contribution in [3.05, 3.63) is 60.6 Å². The number of piperidine rings is 1. The average Bonchev–Trinajstić information content (AvgIpc) is 3.51. The number of hydrogen-bond acceptors (Lipinski definition) is 6. The first kappa shape index (κ1) is 17.7. The summed E-state index contributed by atoms with van der Waals surface area (Å²) in [7, 11) is 1.63. The van der Waals surface area contributed by atoms with Crippen molar-refractivity contribution in [3.8, 4) is 11.4 Å². The second kappa shape index (κ2) is 7.20. The van der Waals surface area contributed by atoms with Crippen LogP contribution < -0.4 is 10.1 Å². The lowest BCUT2D eigenvalue weighted by molar-refractivity contribution is 0.0691. The van der Waals surface area contributed by atoms with E-state index < -0.39 is 0 Å². The Morgan fingerprint density at radius 3 is 2.69 bits per heavy atom. The molecule has 2 aliphatic rings. The number of amides is 1. The predicted octanol–water partition coefficient (Wildman–Crippen LogP) is 2.39. The highest BCUT2D eigenvalue weighted by Crippen LogP contribution is 2.40. The number of nitrogens with one attached hydrogen (secondary N) is 1. The number of ether oxygens (including phenoxy) is 1. The van der Waals surface area contributed by atoms with Crippen molar-refractivity contribution in [2.24, 2.45) is 5.92 Å². The summed E-state index contributed by atoms with van der Waals surface area (Å²) in [5.41, 5.74) is 1.32. The highest BCUT2D eigenvalue weighted by atomic mass is 16.5. The quantitative estimate of drug-likeness (QED) is 0.720. The number of aromatic nitrogens is 4. The van der Waals surface area contributed by atoms with Crippen LogP contribution in [0, 0.1) is 5.92 Å². The molecule has 29 heavy (non-hydrogen) atoms. The Kier molecular flexibility index (Phi) is 4.38. The molecule has 2 bridgehead atoms. The van der Waals surface area contributed by atoms with Gasteiger partial charge in [-0.15, -0.1) is 0 Å². The van der Waals surface area contributed by atoms with E-state index in [1.165, 1.54) is 4.80 Å². The van der Waals surface area contributed by atoms with Gasteiger partial charge in [0.15, 0.2) is 0 Å². The maximum absolute atomic E-state index is 13.4. The second-order valence-electron chi connectivity index (χ2n) is 7.53. The minimum Gasteiger partial charge on any atom is -0.495 e. The Morgan fingerprint density at radius 1 is 1.14 bits per heavy atom. The molecule has 1 saturated heterocycles. The van der Waals surface area contributed by atoms with Crippen molar-refractivity contribution in [1.82, 2.24) is 24.9 Å². The molecule has 1 saturated carbocycles. The lowest BCUT2D eigenvalue weighted by Gasteiger charge is -2.34. The molecule has 8 heteroatoms.